The summed E-state index contributed by atoms with van der Waals surface area (Å²) in [5.41, 5.74) is -4.07. The van der Waals surface area contributed by atoms with Crippen molar-refractivity contribution in [3.8, 4) is 0 Å². The maximum Gasteiger partial charge on any atom is 0.441 e. The minimum absolute atomic E-state index is 0.0583. The van der Waals surface area contributed by atoms with Crippen LogP contribution in [0.1, 0.15) is 19.8 Å². The monoisotopic (exact) mass is 201 g/mol. The van der Waals surface area contributed by atoms with Gasteiger partial charge in [-0.15, -0.1) is 0 Å². The van der Waals surface area contributed by atoms with Gasteiger partial charge in [-0.2, -0.15) is 13.2 Å². The summed E-state index contributed by atoms with van der Waals surface area (Å²) in [6.07, 6.45) is 1.39. The molecule has 0 saturated carbocycles. The highest BCUT2D eigenvalue weighted by atomic mass is 32.2. The minimum Gasteiger partial charge on any atom is -0.317 e. The van der Waals surface area contributed by atoms with E-state index < -0.39 is 5.51 Å². The lowest BCUT2D eigenvalue weighted by Crippen LogP contribution is -2.21. The molecule has 0 saturated heterocycles. The fourth-order valence-corrected chi connectivity index (χ4v) is 1.26. The van der Waals surface area contributed by atoms with Crippen molar-refractivity contribution in [1.82, 2.24) is 5.32 Å². The van der Waals surface area contributed by atoms with Crippen molar-refractivity contribution in [2.75, 3.05) is 12.8 Å². The van der Waals surface area contributed by atoms with Crippen LogP contribution >= 0.6 is 11.8 Å². The quantitative estimate of drug-likeness (QED) is 0.686. The van der Waals surface area contributed by atoms with Crippen LogP contribution in [-0.2, 0) is 0 Å². The zero-order valence-electron chi connectivity index (χ0n) is 7.24. The first-order chi connectivity index (χ1) is 5.45. The third-order valence-corrected chi connectivity index (χ3v) is 2.36. The van der Waals surface area contributed by atoms with Crippen molar-refractivity contribution in [3.63, 3.8) is 0 Å². The number of thioether (sulfide) groups is 1. The first-order valence-electron chi connectivity index (χ1n) is 3.83. The Hall–Kier alpha value is 0.100. The number of halogens is 3. The van der Waals surface area contributed by atoms with Crippen LogP contribution in [0.15, 0.2) is 0 Å². The maximum absolute atomic E-state index is 11.6. The molecule has 0 rings (SSSR count). The summed E-state index contributed by atoms with van der Waals surface area (Å²) >= 11 is 0.0583. The molecule has 1 unspecified atom stereocenters. The highest BCUT2D eigenvalue weighted by molar-refractivity contribution is 8.00. The van der Waals surface area contributed by atoms with Crippen molar-refractivity contribution in [2.45, 2.75) is 31.3 Å². The predicted octanol–water partition coefficient (Wildman–Crippen LogP) is 2.63. The van der Waals surface area contributed by atoms with Crippen molar-refractivity contribution in [3.05, 3.63) is 0 Å². The molecular weight excluding hydrogens is 187 g/mol. The lowest BCUT2D eigenvalue weighted by molar-refractivity contribution is -0.0328. The number of hydrogen-bond donors (Lipinski definition) is 1. The largest absolute Gasteiger partial charge is 0.441 e. The second-order valence-electron chi connectivity index (χ2n) is 2.63. The lowest BCUT2D eigenvalue weighted by Gasteiger charge is -2.09. The van der Waals surface area contributed by atoms with Crippen LogP contribution in [0.2, 0.25) is 0 Å². The van der Waals surface area contributed by atoms with E-state index in [1.807, 2.05) is 14.0 Å². The summed E-state index contributed by atoms with van der Waals surface area (Å²) in [4.78, 5) is 0. The van der Waals surface area contributed by atoms with E-state index in [1.165, 1.54) is 0 Å². The highest BCUT2D eigenvalue weighted by Gasteiger charge is 2.27. The molecule has 0 radical (unpaired) electrons. The van der Waals surface area contributed by atoms with Crippen molar-refractivity contribution in [2.24, 2.45) is 0 Å². The van der Waals surface area contributed by atoms with E-state index in [4.69, 9.17) is 0 Å². The zero-order valence-corrected chi connectivity index (χ0v) is 8.06. The second kappa shape index (κ2) is 5.70. The van der Waals surface area contributed by atoms with Gasteiger partial charge in [0, 0.05) is 11.8 Å². The average Bonchev–Trinajstić information content (AvgIpc) is 1.96. The van der Waals surface area contributed by atoms with Crippen LogP contribution in [0, 0.1) is 0 Å². The van der Waals surface area contributed by atoms with E-state index >= 15 is 0 Å². The second-order valence-corrected chi connectivity index (χ2v) is 3.79. The van der Waals surface area contributed by atoms with E-state index in [1.54, 1.807) is 0 Å². The molecule has 1 N–H and O–H groups in total. The summed E-state index contributed by atoms with van der Waals surface area (Å²) in [7, 11) is 1.81. The van der Waals surface area contributed by atoms with Crippen LogP contribution in [0.5, 0.6) is 0 Å². The Morgan fingerprint density at radius 2 is 2.00 bits per heavy atom. The van der Waals surface area contributed by atoms with Gasteiger partial charge >= 0.3 is 5.51 Å². The molecule has 0 aliphatic heterocycles. The van der Waals surface area contributed by atoms with Gasteiger partial charge in [0.25, 0.3) is 0 Å². The Kier molecular flexibility index (Phi) is 5.74. The lowest BCUT2D eigenvalue weighted by atomic mass is 10.2. The summed E-state index contributed by atoms with van der Waals surface area (Å²) < 4.78 is 34.8. The predicted molar refractivity (Wildman–Crippen MR) is 46.3 cm³/mol. The number of nitrogens with one attached hydrogen (secondary N) is 1. The molecule has 0 fully saturated rings. The van der Waals surface area contributed by atoms with Gasteiger partial charge in [-0.25, -0.2) is 0 Å². The van der Waals surface area contributed by atoms with Crippen LogP contribution in [0.3, 0.4) is 0 Å². The van der Waals surface area contributed by atoms with E-state index in [2.05, 4.69) is 5.32 Å². The molecule has 0 amide bonds. The molecule has 12 heavy (non-hydrogen) atoms. The molecule has 1 atom stereocenters. The van der Waals surface area contributed by atoms with Crippen molar-refractivity contribution >= 4 is 11.8 Å². The zero-order chi connectivity index (χ0) is 9.61. The van der Waals surface area contributed by atoms with Crippen molar-refractivity contribution < 1.29 is 13.2 Å². The van der Waals surface area contributed by atoms with Gasteiger partial charge in [0.05, 0.1) is 0 Å². The van der Waals surface area contributed by atoms with Crippen LogP contribution in [0.25, 0.3) is 0 Å². The Labute approximate surface area is 75.1 Å². The standard InChI is InChI=1S/C7H14F3NS/c1-6(11-2)4-3-5-12-7(8,9)10/h6,11H,3-5H2,1-2H3. The molecule has 0 aromatic heterocycles. The third-order valence-electron chi connectivity index (χ3n) is 1.54. The van der Waals surface area contributed by atoms with Gasteiger partial charge in [-0.3, -0.25) is 0 Å². The topological polar surface area (TPSA) is 12.0 Å². The van der Waals surface area contributed by atoms with Gasteiger partial charge in [-0.05, 0) is 26.8 Å². The molecule has 5 heteroatoms. The SMILES string of the molecule is CNC(C)CCCSC(F)(F)F. The van der Waals surface area contributed by atoms with Gasteiger partial charge in [-0.1, -0.05) is 11.8 Å². The fourth-order valence-electron chi connectivity index (χ4n) is 0.722. The summed E-state index contributed by atoms with van der Waals surface area (Å²) in [5, 5.41) is 2.97. The van der Waals surface area contributed by atoms with Crippen LogP contribution < -0.4 is 5.32 Å². The van der Waals surface area contributed by atoms with E-state index in [9.17, 15) is 13.2 Å². The average molecular weight is 201 g/mol. The van der Waals surface area contributed by atoms with Crippen LogP contribution in [0.4, 0.5) is 13.2 Å². The number of alkyl halides is 3. The molecule has 0 aliphatic rings. The minimum atomic E-state index is -4.07. The molecule has 0 bridgehead atoms. The normalized spacial score (nSPS) is 14.8. The van der Waals surface area contributed by atoms with Gasteiger partial charge in [0.1, 0.15) is 0 Å². The fraction of sp³-hybridized carbons (Fsp3) is 1.00. The molecule has 0 heterocycles. The molecule has 1 nitrogen and oxygen atoms in total. The van der Waals surface area contributed by atoms with Gasteiger partial charge in [0.15, 0.2) is 0 Å². The Morgan fingerprint density at radius 1 is 1.42 bits per heavy atom. The Bertz CT molecular complexity index is 116. The molecule has 0 aromatic rings. The van der Waals surface area contributed by atoms with Gasteiger partial charge < -0.3 is 5.32 Å². The highest BCUT2D eigenvalue weighted by Crippen LogP contribution is 2.30. The molecule has 0 spiro atoms. The smallest absolute Gasteiger partial charge is 0.317 e. The third kappa shape index (κ3) is 8.20. The first-order valence-corrected chi connectivity index (χ1v) is 4.82. The number of rotatable bonds is 5. The molecule has 74 valence electrons. The summed E-state index contributed by atoms with van der Waals surface area (Å²) in [6.45, 7) is 1.96. The first kappa shape index (κ1) is 12.1. The molecule has 0 aromatic carbocycles. The maximum atomic E-state index is 11.6. The van der Waals surface area contributed by atoms with E-state index in [0.717, 1.165) is 6.42 Å². The molecular formula is C7H14F3NS. The van der Waals surface area contributed by atoms with Gasteiger partial charge in [0.2, 0.25) is 0 Å². The van der Waals surface area contributed by atoms with Crippen LogP contribution in [-0.4, -0.2) is 24.4 Å². The summed E-state index contributed by atoms with van der Waals surface area (Å²) in [5.74, 6) is 0.162. The Morgan fingerprint density at radius 3 is 2.42 bits per heavy atom. The summed E-state index contributed by atoms with van der Waals surface area (Å²) in [6, 6.07) is 0.304. The Balaban J connectivity index is 3.22. The van der Waals surface area contributed by atoms with E-state index in [0.29, 0.717) is 12.5 Å². The molecule has 0 aliphatic carbocycles. The van der Waals surface area contributed by atoms with Crippen molar-refractivity contribution in [1.29, 1.82) is 0 Å². The number of hydrogen-bond acceptors (Lipinski definition) is 2. The van der Waals surface area contributed by atoms with E-state index in [-0.39, 0.29) is 17.5 Å².